The largest absolute Gasteiger partial charge is 0.480 e. The first-order chi connectivity index (χ1) is 12.9. The number of aromatic nitrogens is 4. The van der Waals surface area contributed by atoms with Crippen molar-refractivity contribution in [3.05, 3.63) is 34.9 Å². The zero-order valence-corrected chi connectivity index (χ0v) is 16.2. The van der Waals surface area contributed by atoms with Gasteiger partial charge in [0, 0.05) is 36.6 Å². The zero-order valence-electron chi connectivity index (χ0n) is 16.2. The summed E-state index contributed by atoms with van der Waals surface area (Å²) in [6.45, 7) is 7.49. The van der Waals surface area contributed by atoms with Gasteiger partial charge >= 0.3 is 5.97 Å². The standard InChI is InChI=1S/C19H27N5O3/c1-4-16-13(2)21-23(14(16)3)11-18(25)22-9-5-6-15(10-22)17-7-8-20-24(17)12-19(26)27/h7-8,15H,4-6,9-12H2,1-3H3,(H,26,27)/t15-/m1/s1. The second-order valence-corrected chi connectivity index (χ2v) is 7.15. The molecule has 0 spiro atoms. The minimum atomic E-state index is -0.917. The fourth-order valence-electron chi connectivity index (χ4n) is 4.02. The Labute approximate surface area is 158 Å². The van der Waals surface area contributed by atoms with Crippen LogP contribution in [0.1, 0.15) is 48.3 Å². The summed E-state index contributed by atoms with van der Waals surface area (Å²) >= 11 is 0. The number of piperidine rings is 1. The van der Waals surface area contributed by atoms with Gasteiger partial charge in [-0.15, -0.1) is 0 Å². The van der Waals surface area contributed by atoms with Crippen molar-refractivity contribution in [2.75, 3.05) is 13.1 Å². The first kappa shape index (κ1) is 19.1. The average molecular weight is 373 g/mol. The molecule has 1 N–H and O–H groups in total. The quantitative estimate of drug-likeness (QED) is 0.833. The van der Waals surface area contributed by atoms with Crippen LogP contribution in [0.5, 0.6) is 0 Å². The molecule has 0 radical (unpaired) electrons. The lowest BCUT2D eigenvalue weighted by Gasteiger charge is -2.33. The van der Waals surface area contributed by atoms with Gasteiger partial charge in [0.25, 0.3) is 0 Å². The summed E-state index contributed by atoms with van der Waals surface area (Å²) in [7, 11) is 0. The molecule has 0 aliphatic carbocycles. The Hall–Kier alpha value is -2.64. The Morgan fingerprint density at radius 2 is 2.04 bits per heavy atom. The predicted octanol–water partition coefficient (Wildman–Crippen LogP) is 1.75. The lowest BCUT2D eigenvalue weighted by Crippen LogP contribution is -2.41. The number of rotatable bonds is 6. The molecule has 1 saturated heterocycles. The molecular formula is C19H27N5O3. The highest BCUT2D eigenvalue weighted by molar-refractivity contribution is 5.76. The summed E-state index contributed by atoms with van der Waals surface area (Å²) in [5.41, 5.74) is 4.12. The third-order valence-corrected chi connectivity index (χ3v) is 5.40. The Kier molecular flexibility index (Phi) is 5.62. The molecule has 2 aromatic heterocycles. The topological polar surface area (TPSA) is 93.3 Å². The maximum Gasteiger partial charge on any atom is 0.325 e. The Morgan fingerprint density at radius 1 is 1.26 bits per heavy atom. The van der Waals surface area contributed by atoms with Crippen LogP contribution in [0.4, 0.5) is 0 Å². The SMILES string of the molecule is CCc1c(C)nn(CC(=O)N2CCC[C@@H](c3ccnn3CC(=O)O)C2)c1C. The van der Waals surface area contributed by atoms with E-state index in [1.807, 2.05) is 24.8 Å². The van der Waals surface area contributed by atoms with Crippen molar-refractivity contribution in [3.8, 4) is 0 Å². The van der Waals surface area contributed by atoms with E-state index in [0.717, 1.165) is 42.9 Å². The van der Waals surface area contributed by atoms with E-state index in [1.165, 1.54) is 10.2 Å². The number of carbonyl (C=O) groups is 2. The van der Waals surface area contributed by atoms with E-state index in [4.69, 9.17) is 5.11 Å². The second kappa shape index (κ2) is 7.94. The highest BCUT2D eigenvalue weighted by atomic mass is 16.4. The molecule has 27 heavy (non-hydrogen) atoms. The fraction of sp³-hybridized carbons (Fsp3) is 0.579. The van der Waals surface area contributed by atoms with Gasteiger partial charge in [-0.2, -0.15) is 10.2 Å². The minimum absolute atomic E-state index is 0.0530. The molecule has 1 aliphatic heterocycles. The molecule has 8 nitrogen and oxygen atoms in total. The number of carboxylic acids is 1. The number of hydrogen-bond donors (Lipinski definition) is 1. The summed E-state index contributed by atoms with van der Waals surface area (Å²) < 4.78 is 3.32. The van der Waals surface area contributed by atoms with Crippen LogP contribution < -0.4 is 0 Å². The maximum absolute atomic E-state index is 12.9. The first-order valence-electron chi connectivity index (χ1n) is 9.44. The van der Waals surface area contributed by atoms with Crippen molar-refractivity contribution >= 4 is 11.9 Å². The summed E-state index contributed by atoms with van der Waals surface area (Å²) in [6, 6.07) is 1.86. The van der Waals surface area contributed by atoms with Gasteiger partial charge in [0.05, 0.1) is 5.69 Å². The molecular weight excluding hydrogens is 346 g/mol. The number of nitrogens with zero attached hydrogens (tertiary/aromatic N) is 5. The normalized spacial score (nSPS) is 17.3. The molecule has 0 unspecified atom stereocenters. The predicted molar refractivity (Wildman–Crippen MR) is 99.5 cm³/mol. The van der Waals surface area contributed by atoms with E-state index in [1.54, 1.807) is 10.9 Å². The van der Waals surface area contributed by atoms with Crippen LogP contribution in [0.15, 0.2) is 12.3 Å². The molecule has 0 aromatic carbocycles. The highest BCUT2D eigenvalue weighted by Gasteiger charge is 2.27. The number of likely N-dealkylation sites (tertiary alicyclic amines) is 1. The van der Waals surface area contributed by atoms with Gasteiger partial charge in [-0.3, -0.25) is 19.0 Å². The smallest absolute Gasteiger partial charge is 0.325 e. The van der Waals surface area contributed by atoms with Crippen LogP contribution in [0, 0.1) is 13.8 Å². The van der Waals surface area contributed by atoms with Gasteiger partial charge in [-0.25, -0.2) is 0 Å². The van der Waals surface area contributed by atoms with E-state index in [2.05, 4.69) is 17.1 Å². The van der Waals surface area contributed by atoms with Gasteiger partial charge in [-0.05, 0) is 44.7 Å². The molecule has 0 bridgehead atoms. The van der Waals surface area contributed by atoms with Crippen molar-refractivity contribution in [1.29, 1.82) is 0 Å². The van der Waals surface area contributed by atoms with Gasteiger partial charge in [0.1, 0.15) is 13.1 Å². The Balaban J connectivity index is 1.70. The van der Waals surface area contributed by atoms with Crippen LogP contribution >= 0.6 is 0 Å². The van der Waals surface area contributed by atoms with Crippen molar-refractivity contribution in [1.82, 2.24) is 24.5 Å². The van der Waals surface area contributed by atoms with Crippen LogP contribution in [-0.4, -0.2) is 54.5 Å². The van der Waals surface area contributed by atoms with E-state index in [9.17, 15) is 9.59 Å². The van der Waals surface area contributed by atoms with E-state index in [-0.39, 0.29) is 24.9 Å². The molecule has 1 atom stereocenters. The summed E-state index contributed by atoms with van der Waals surface area (Å²) in [5.74, 6) is -0.756. The Morgan fingerprint density at radius 3 is 2.70 bits per heavy atom. The number of aliphatic carboxylic acids is 1. The number of carbonyl (C=O) groups excluding carboxylic acids is 1. The van der Waals surface area contributed by atoms with E-state index < -0.39 is 5.97 Å². The molecule has 3 rings (SSSR count). The summed E-state index contributed by atoms with van der Waals surface area (Å²) in [4.78, 5) is 25.8. The highest BCUT2D eigenvalue weighted by Crippen LogP contribution is 2.27. The van der Waals surface area contributed by atoms with Crippen molar-refractivity contribution < 1.29 is 14.7 Å². The van der Waals surface area contributed by atoms with Crippen LogP contribution in [0.25, 0.3) is 0 Å². The van der Waals surface area contributed by atoms with Crippen LogP contribution in [0.3, 0.4) is 0 Å². The molecule has 2 aromatic rings. The number of aryl methyl sites for hydroxylation is 1. The molecule has 8 heteroatoms. The monoisotopic (exact) mass is 373 g/mol. The third kappa shape index (κ3) is 4.04. The first-order valence-corrected chi connectivity index (χ1v) is 9.44. The van der Waals surface area contributed by atoms with Gasteiger partial charge in [-0.1, -0.05) is 6.92 Å². The lowest BCUT2D eigenvalue weighted by molar-refractivity contribution is -0.138. The van der Waals surface area contributed by atoms with Crippen LogP contribution in [0.2, 0.25) is 0 Å². The molecule has 3 heterocycles. The average Bonchev–Trinajstić information content (AvgIpc) is 3.19. The molecule has 0 saturated carbocycles. The summed E-state index contributed by atoms with van der Waals surface area (Å²) in [5, 5.41) is 17.7. The van der Waals surface area contributed by atoms with E-state index in [0.29, 0.717) is 6.54 Å². The van der Waals surface area contributed by atoms with Gasteiger partial charge in [0.15, 0.2) is 0 Å². The van der Waals surface area contributed by atoms with Crippen LogP contribution in [-0.2, 0) is 29.1 Å². The third-order valence-electron chi connectivity index (χ3n) is 5.40. The van der Waals surface area contributed by atoms with Crippen molar-refractivity contribution in [3.63, 3.8) is 0 Å². The van der Waals surface area contributed by atoms with E-state index >= 15 is 0 Å². The Bertz CT molecular complexity index is 839. The fourth-order valence-corrected chi connectivity index (χ4v) is 4.02. The van der Waals surface area contributed by atoms with Crippen molar-refractivity contribution in [2.45, 2.75) is 59.0 Å². The van der Waals surface area contributed by atoms with Gasteiger partial charge in [0.2, 0.25) is 5.91 Å². The molecule has 146 valence electrons. The number of hydrogen-bond acceptors (Lipinski definition) is 4. The summed E-state index contributed by atoms with van der Waals surface area (Å²) in [6.07, 6.45) is 4.35. The van der Waals surface area contributed by atoms with Gasteiger partial charge < -0.3 is 10.0 Å². The second-order valence-electron chi connectivity index (χ2n) is 7.15. The molecule has 1 amide bonds. The molecule has 1 fully saturated rings. The minimum Gasteiger partial charge on any atom is -0.480 e. The van der Waals surface area contributed by atoms with Crippen molar-refractivity contribution in [2.24, 2.45) is 0 Å². The number of amides is 1. The lowest BCUT2D eigenvalue weighted by atomic mass is 9.94. The maximum atomic E-state index is 12.9. The zero-order chi connectivity index (χ0) is 19.6. The number of carboxylic acid groups (broad SMARTS) is 1. The molecule has 1 aliphatic rings.